The molecule has 0 atom stereocenters. The van der Waals surface area contributed by atoms with Crippen molar-refractivity contribution in [2.75, 3.05) is 5.32 Å². The van der Waals surface area contributed by atoms with E-state index >= 15 is 0 Å². The van der Waals surface area contributed by atoms with E-state index in [1.165, 1.54) is 24.2 Å². The van der Waals surface area contributed by atoms with E-state index in [0.717, 1.165) is 12.1 Å². The van der Waals surface area contributed by atoms with Crippen molar-refractivity contribution in [1.82, 2.24) is 4.98 Å². The molecular weight excluding hydrogens is 234 g/mol. The van der Waals surface area contributed by atoms with Crippen molar-refractivity contribution < 1.29 is 4.79 Å². The maximum Gasteiger partial charge on any atom is 0.246 e. The van der Waals surface area contributed by atoms with Crippen LogP contribution in [-0.4, -0.2) is 10.9 Å². The fourth-order valence-electron chi connectivity index (χ4n) is 2.05. The molecule has 1 N–H and O–H groups in total. The van der Waals surface area contributed by atoms with Gasteiger partial charge in [-0.05, 0) is 32.1 Å². The van der Waals surface area contributed by atoms with Crippen LogP contribution in [0.2, 0.25) is 0 Å². The normalized spacial score (nSPS) is 21.4. The third-order valence-corrected chi connectivity index (χ3v) is 4.37. The van der Waals surface area contributed by atoms with Gasteiger partial charge in [-0.15, -0.1) is 11.3 Å². The zero-order valence-electron chi connectivity index (χ0n) is 9.40. The maximum absolute atomic E-state index is 12.0. The predicted octanol–water partition coefficient (Wildman–Crippen LogP) is 2.65. The molecular formula is C12H13N3OS. The summed E-state index contributed by atoms with van der Waals surface area (Å²) in [4.78, 5) is 16.4. The molecule has 0 bridgehead atoms. The summed E-state index contributed by atoms with van der Waals surface area (Å²) in [5, 5.41) is 14.5. The van der Waals surface area contributed by atoms with E-state index in [9.17, 15) is 4.79 Å². The molecule has 1 aromatic rings. The molecule has 17 heavy (non-hydrogen) atoms. The minimum absolute atomic E-state index is 0.178. The number of hydrogen-bond acceptors (Lipinski definition) is 4. The number of carbonyl (C=O) groups is 1. The Morgan fingerprint density at radius 2 is 2.35 bits per heavy atom. The molecule has 4 nitrogen and oxygen atoms in total. The van der Waals surface area contributed by atoms with E-state index in [4.69, 9.17) is 5.26 Å². The standard InChI is InChI=1S/C12H13N3OS/c13-7-12(4-1-5-12)10(16)15-11-14-9(6-17-11)8-2-3-8/h6,8H,1-5H2,(H,14,15,16). The summed E-state index contributed by atoms with van der Waals surface area (Å²) >= 11 is 1.45. The Morgan fingerprint density at radius 1 is 1.59 bits per heavy atom. The van der Waals surface area contributed by atoms with E-state index in [2.05, 4.69) is 16.4 Å². The first-order valence-electron chi connectivity index (χ1n) is 5.92. The first-order chi connectivity index (χ1) is 8.23. The number of rotatable bonds is 3. The molecule has 0 saturated heterocycles. The summed E-state index contributed by atoms with van der Waals surface area (Å²) < 4.78 is 0. The number of nitrogens with zero attached hydrogens (tertiary/aromatic N) is 2. The van der Waals surface area contributed by atoms with Crippen LogP contribution >= 0.6 is 11.3 Å². The van der Waals surface area contributed by atoms with Crippen molar-refractivity contribution in [2.45, 2.75) is 38.0 Å². The highest BCUT2D eigenvalue weighted by molar-refractivity contribution is 7.13. The first-order valence-corrected chi connectivity index (χ1v) is 6.80. The second-order valence-corrected chi connectivity index (χ2v) is 5.71. The topological polar surface area (TPSA) is 65.8 Å². The smallest absolute Gasteiger partial charge is 0.246 e. The van der Waals surface area contributed by atoms with Gasteiger partial charge >= 0.3 is 0 Å². The first kappa shape index (κ1) is 10.7. The van der Waals surface area contributed by atoms with Gasteiger partial charge in [-0.25, -0.2) is 4.98 Å². The molecule has 0 unspecified atom stereocenters. The molecule has 0 aliphatic heterocycles. The van der Waals surface area contributed by atoms with Gasteiger partial charge < -0.3 is 5.32 Å². The van der Waals surface area contributed by atoms with Gasteiger partial charge in [0.25, 0.3) is 0 Å². The molecule has 88 valence electrons. The average Bonchev–Trinajstić information content (AvgIpc) is 3.00. The Bertz CT molecular complexity index is 494. The van der Waals surface area contributed by atoms with Crippen molar-refractivity contribution in [3.05, 3.63) is 11.1 Å². The molecule has 2 fully saturated rings. The summed E-state index contributed by atoms with van der Waals surface area (Å²) in [7, 11) is 0. The molecule has 5 heteroatoms. The van der Waals surface area contributed by atoms with E-state index in [0.29, 0.717) is 23.9 Å². The van der Waals surface area contributed by atoms with E-state index < -0.39 is 5.41 Å². The lowest BCUT2D eigenvalue weighted by Gasteiger charge is -2.32. The molecule has 1 aromatic heterocycles. The number of hydrogen-bond donors (Lipinski definition) is 1. The molecule has 0 radical (unpaired) electrons. The molecule has 3 rings (SSSR count). The summed E-state index contributed by atoms with van der Waals surface area (Å²) in [6.45, 7) is 0. The van der Waals surface area contributed by atoms with Crippen molar-refractivity contribution >= 4 is 22.4 Å². The largest absolute Gasteiger partial charge is 0.301 e. The second-order valence-electron chi connectivity index (χ2n) is 4.85. The van der Waals surface area contributed by atoms with Gasteiger partial charge in [-0.1, -0.05) is 0 Å². The van der Waals surface area contributed by atoms with Crippen LogP contribution in [0.3, 0.4) is 0 Å². The van der Waals surface area contributed by atoms with Crippen LogP contribution < -0.4 is 5.32 Å². The van der Waals surface area contributed by atoms with Gasteiger partial charge in [0, 0.05) is 11.3 Å². The Kier molecular flexibility index (Phi) is 2.40. The van der Waals surface area contributed by atoms with Crippen molar-refractivity contribution in [1.29, 1.82) is 5.26 Å². The third kappa shape index (κ3) is 1.83. The van der Waals surface area contributed by atoms with Gasteiger partial charge in [-0.3, -0.25) is 4.79 Å². The molecule has 2 saturated carbocycles. The van der Waals surface area contributed by atoms with Crippen LogP contribution in [0.5, 0.6) is 0 Å². The SMILES string of the molecule is N#CC1(C(=O)Nc2nc(C3CC3)cs2)CCC1. The van der Waals surface area contributed by atoms with Gasteiger partial charge in [0.15, 0.2) is 5.13 Å². The third-order valence-electron chi connectivity index (χ3n) is 3.59. The summed E-state index contributed by atoms with van der Waals surface area (Å²) in [5.74, 6) is 0.425. The lowest BCUT2D eigenvalue weighted by Crippen LogP contribution is -2.40. The van der Waals surface area contributed by atoms with Gasteiger partial charge in [0.1, 0.15) is 5.41 Å². The number of nitriles is 1. The zero-order chi connectivity index (χ0) is 11.9. The monoisotopic (exact) mass is 247 g/mol. The molecule has 0 spiro atoms. The van der Waals surface area contributed by atoms with Crippen LogP contribution in [-0.2, 0) is 4.79 Å². The minimum Gasteiger partial charge on any atom is -0.301 e. The summed E-state index contributed by atoms with van der Waals surface area (Å²) in [5.41, 5.74) is 0.302. The zero-order valence-corrected chi connectivity index (χ0v) is 10.2. The number of thiazole rings is 1. The van der Waals surface area contributed by atoms with Crippen LogP contribution in [0.15, 0.2) is 5.38 Å². The molecule has 1 amide bonds. The Labute approximate surface area is 104 Å². The quantitative estimate of drug-likeness (QED) is 0.893. The molecule has 0 aromatic carbocycles. The Balaban J connectivity index is 1.69. The highest BCUT2D eigenvalue weighted by Gasteiger charge is 2.45. The lowest BCUT2D eigenvalue weighted by molar-refractivity contribution is -0.126. The van der Waals surface area contributed by atoms with Crippen LogP contribution in [0, 0.1) is 16.7 Å². The maximum atomic E-state index is 12.0. The average molecular weight is 247 g/mol. The number of nitrogens with one attached hydrogen (secondary N) is 1. The van der Waals surface area contributed by atoms with E-state index in [1.807, 2.05) is 5.38 Å². The highest BCUT2D eigenvalue weighted by atomic mass is 32.1. The second kappa shape index (κ2) is 3.81. The Morgan fingerprint density at radius 3 is 2.88 bits per heavy atom. The van der Waals surface area contributed by atoms with Gasteiger partial charge in [0.2, 0.25) is 5.91 Å². The van der Waals surface area contributed by atoms with Crippen molar-refractivity contribution in [3.8, 4) is 6.07 Å². The highest BCUT2D eigenvalue weighted by Crippen LogP contribution is 2.43. The van der Waals surface area contributed by atoms with Crippen molar-refractivity contribution in [2.24, 2.45) is 5.41 Å². The lowest BCUT2D eigenvalue weighted by atomic mass is 9.69. The summed E-state index contributed by atoms with van der Waals surface area (Å²) in [6, 6.07) is 2.14. The number of carbonyl (C=O) groups excluding carboxylic acids is 1. The van der Waals surface area contributed by atoms with E-state index in [1.54, 1.807) is 0 Å². The molecule has 1 heterocycles. The summed E-state index contributed by atoms with van der Waals surface area (Å²) in [6.07, 6.45) is 4.73. The molecule has 2 aliphatic carbocycles. The van der Waals surface area contributed by atoms with Gasteiger partial charge in [-0.2, -0.15) is 5.26 Å². The predicted molar refractivity (Wildman–Crippen MR) is 64.6 cm³/mol. The van der Waals surface area contributed by atoms with Crippen LogP contribution in [0.1, 0.15) is 43.7 Å². The number of aromatic nitrogens is 1. The van der Waals surface area contributed by atoms with Crippen LogP contribution in [0.25, 0.3) is 0 Å². The van der Waals surface area contributed by atoms with Gasteiger partial charge in [0.05, 0.1) is 11.8 Å². The molecule has 2 aliphatic rings. The number of anilines is 1. The fourth-order valence-corrected chi connectivity index (χ4v) is 2.83. The minimum atomic E-state index is -0.786. The number of amides is 1. The van der Waals surface area contributed by atoms with Crippen LogP contribution in [0.4, 0.5) is 5.13 Å². The van der Waals surface area contributed by atoms with E-state index in [-0.39, 0.29) is 5.91 Å². The fraction of sp³-hybridized carbons (Fsp3) is 0.583. The van der Waals surface area contributed by atoms with Crippen molar-refractivity contribution in [3.63, 3.8) is 0 Å². The Hall–Kier alpha value is -1.41.